The molecule has 68 valence electrons. The molecule has 1 nitrogen and oxygen atoms in total. The second kappa shape index (κ2) is 6.65. The molecule has 0 N–H and O–H groups in total. The van der Waals surface area contributed by atoms with Crippen LogP contribution in [-0.4, -0.2) is 7.11 Å². The Bertz CT molecular complexity index is 193. The van der Waals surface area contributed by atoms with Crippen molar-refractivity contribution in [2.24, 2.45) is 0 Å². The molecule has 0 saturated carbocycles. The van der Waals surface area contributed by atoms with Crippen molar-refractivity contribution in [3.63, 3.8) is 0 Å². The van der Waals surface area contributed by atoms with Crippen LogP contribution in [0.15, 0.2) is 24.3 Å². The smallest absolute Gasteiger partial charge is 0.123 e. The fraction of sp³-hybridized carbons (Fsp3) is 0.400. The predicted molar refractivity (Wildman–Crippen MR) is 48.9 cm³/mol. The monoisotopic (exact) mass is 170 g/mol. The highest BCUT2D eigenvalue weighted by Gasteiger charge is 1.88. The highest BCUT2D eigenvalue weighted by molar-refractivity contribution is 5.21. The van der Waals surface area contributed by atoms with Gasteiger partial charge in [0, 0.05) is 0 Å². The van der Waals surface area contributed by atoms with Crippen molar-refractivity contribution >= 4 is 0 Å². The molecule has 12 heavy (non-hydrogen) atoms. The van der Waals surface area contributed by atoms with Gasteiger partial charge in [-0.05, 0) is 24.3 Å². The third kappa shape index (κ3) is 4.72. The highest BCUT2D eigenvalue weighted by Crippen LogP contribution is 2.08. The summed E-state index contributed by atoms with van der Waals surface area (Å²) in [5, 5.41) is 0. The molecule has 2 heteroatoms. The van der Waals surface area contributed by atoms with Crippen LogP contribution in [0.25, 0.3) is 0 Å². The molecule has 0 heterocycles. The summed E-state index contributed by atoms with van der Waals surface area (Å²) >= 11 is 0. The molecule has 0 bridgehead atoms. The van der Waals surface area contributed by atoms with E-state index in [9.17, 15) is 4.39 Å². The molecule has 0 aliphatic rings. The van der Waals surface area contributed by atoms with Gasteiger partial charge in [0.25, 0.3) is 0 Å². The largest absolute Gasteiger partial charge is 0.497 e. The van der Waals surface area contributed by atoms with Gasteiger partial charge in [-0.2, -0.15) is 0 Å². The number of hydrogen-bond acceptors (Lipinski definition) is 1. The van der Waals surface area contributed by atoms with E-state index in [1.165, 1.54) is 18.6 Å². The maximum atomic E-state index is 12.2. The first-order valence-corrected chi connectivity index (χ1v) is 4.04. The number of halogens is 1. The first kappa shape index (κ1) is 11.0. The number of ether oxygens (including phenoxy) is 1. The van der Waals surface area contributed by atoms with Crippen molar-refractivity contribution in [1.82, 2.24) is 0 Å². The lowest BCUT2D eigenvalue weighted by molar-refractivity contribution is 0.413. The van der Waals surface area contributed by atoms with Gasteiger partial charge >= 0.3 is 0 Å². The van der Waals surface area contributed by atoms with E-state index in [4.69, 9.17) is 4.74 Å². The Labute approximate surface area is 73.2 Å². The Morgan fingerprint density at radius 2 is 1.58 bits per heavy atom. The SMILES string of the molecule is CCC.COc1ccc(F)cc1. The van der Waals surface area contributed by atoms with Gasteiger partial charge in [0.1, 0.15) is 11.6 Å². The van der Waals surface area contributed by atoms with Gasteiger partial charge in [0.15, 0.2) is 0 Å². The number of benzene rings is 1. The van der Waals surface area contributed by atoms with Gasteiger partial charge in [0.05, 0.1) is 7.11 Å². The molecule has 0 radical (unpaired) electrons. The lowest BCUT2D eigenvalue weighted by atomic mass is 10.3. The molecule has 0 unspecified atom stereocenters. The molecule has 1 aromatic rings. The first-order chi connectivity index (χ1) is 5.74. The second-order valence-electron chi connectivity index (χ2n) is 2.37. The van der Waals surface area contributed by atoms with Crippen molar-refractivity contribution < 1.29 is 9.13 Å². The van der Waals surface area contributed by atoms with Gasteiger partial charge in [-0.1, -0.05) is 20.3 Å². The quantitative estimate of drug-likeness (QED) is 0.628. The predicted octanol–water partition coefficient (Wildman–Crippen LogP) is 3.25. The maximum Gasteiger partial charge on any atom is 0.123 e. The number of hydrogen-bond donors (Lipinski definition) is 0. The van der Waals surface area contributed by atoms with Crippen molar-refractivity contribution in [2.75, 3.05) is 7.11 Å². The van der Waals surface area contributed by atoms with E-state index >= 15 is 0 Å². The number of methoxy groups -OCH3 is 1. The molecule has 0 amide bonds. The normalized spacial score (nSPS) is 8.33. The van der Waals surface area contributed by atoms with Gasteiger partial charge in [0.2, 0.25) is 0 Å². The standard InChI is InChI=1S/C7H7FO.C3H8/c1-9-7-4-2-6(8)3-5-7;1-3-2/h2-5H,1H3;3H2,1-2H3. The molecule has 0 spiro atoms. The van der Waals surface area contributed by atoms with E-state index in [1.807, 2.05) is 0 Å². The summed E-state index contributed by atoms with van der Waals surface area (Å²) in [6, 6.07) is 5.88. The summed E-state index contributed by atoms with van der Waals surface area (Å²) in [5.74, 6) is 0.437. The fourth-order valence-electron chi connectivity index (χ4n) is 0.571. The van der Waals surface area contributed by atoms with Gasteiger partial charge in [-0.25, -0.2) is 4.39 Å². The van der Waals surface area contributed by atoms with E-state index in [2.05, 4.69) is 13.8 Å². The molecule has 0 aliphatic heterocycles. The zero-order chi connectivity index (χ0) is 9.40. The molecule has 0 saturated heterocycles. The summed E-state index contributed by atoms with van der Waals surface area (Å²) < 4.78 is 17.0. The zero-order valence-corrected chi connectivity index (χ0v) is 7.80. The number of rotatable bonds is 1. The minimum Gasteiger partial charge on any atom is -0.497 e. The lowest BCUT2D eigenvalue weighted by Gasteiger charge is -1.95. The van der Waals surface area contributed by atoms with E-state index in [0.717, 1.165) is 0 Å². The van der Waals surface area contributed by atoms with Crippen LogP contribution in [-0.2, 0) is 0 Å². The zero-order valence-electron chi connectivity index (χ0n) is 7.80. The van der Waals surface area contributed by atoms with Crippen LogP contribution in [0, 0.1) is 5.82 Å². The summed E-state index contributed by atoms with van der Waals surface area (Å²) in [5.41, 5.74) is 0. The average molecular weight is 170 g/mol. The van der Waals surface area contributed by atoms with Crippen LogP contribution in [0.1, 0.15) is 20.3 Å². The van der Waals surface area contributed by atoms with Crippen LogP contribution in [0.4, 0.5) is 4.39 Å². The maximum absolute atomic E-state index is 12.2. The van der Waals surface area contributed by atoms with Crippen LogP contribution in [0.2, 0.25) is 0 Å². The van der Waals surface area contributed by atoms with Gasteiger partial charge in [-0.3, -0.25) is 0 Å². The minimum absolute atomic E-state index is 0.240. The fourth-order valence-corrected chi connectivity index (χ4v) is 0.571. The molecule has 1 rings (SSSR count). The van der Waals surface area contributed by atoms with E-state index < -0.39 is 0 Å². The summed E-state index contributed by atoms with van der Waals surface area (Å²) in [7, 11) is 1.55. The van der Waals surface area contributed by atoms with E-state index in [1.54, 1.807) is 19.2 Å². The first-order valence-electron chi connectivity index (χ1n) is 4.04. The van der Waals surface area contributed by atoms with Crippen molar-refractivity contribution in [3.05, 3.63) is 30.1 Å². The summed E-state index contributed by atoms with van der Waals surface area (Å²) in [6.07, 6.45) is 1.25. The average Bonchev–Trinajstić information content (AvgIpc) is 2.07. The van der Waals surface area contributed by atoms with Crippen LogP contribution in [0.5, 0.6) is 5.75 Å². The van der Waals surface area contributed by atoms with Crippen molar-refractivity contribution in [3.8, 4) is 5.75 Å². The lowest BCUT2D eigenvalue weighted by Crippen LogP contribution is -1.80. The van der Waals surface area contributed by atoms with Gasteiger partial charge in [-0.15, -0.1) is 0 Å². The minimum atomic E-state index is -0.240. The Morgan fingerprint density at radius 3 is 1.92 bits per heavy atom. The molecule has 0 fully saturated rings. The molecule has 1 aromatic carbocycles. The van der Waals surface area contributed by atoms with Crippen LogP contribution >= 0.6 is 0 Å². The Kier molecular flexibility index (Phi) is 6.07. The third-order valence-electron chi connectivity index (χ3n) is 1.05. The third-order valence-corrected chi connectivity index (χ3v) is 1.05. The topological polar surface area (TPSA) is 9.23 Å². The molecule has 0 atom stereocenters. The second-order valence-corrected chi connectivity index (χ2v) is 2.37. The van der Waals surface area contributed by atoms with Crippen LogP contribution in [0.3, 0.4) is 0 Å². The summed E-state index contributed by atoms with van der Waals surface area (Å²) in [4.78, 5) is 0. The Morgan fingerprint density at radius 1 is 1.17 bits per heavy atom. The molecule has 0 aliphatic carbocycles. The Hall–Kier alpha value is -1.05. The van der Waals surface area contributed by atoms with E-state index in [0.29, 0.717) is 5.75 Å². The van der Waals surface area contributed by atoms with Crippen molar-refractivity contribution in [1.29, 1.82) is 0 Å². The highest BCUT2D eigenvalue weighted by atomic mass is 19.1. The summed E-state index contributed by atoms with van der Waals surface area (Å²) in [6.45, 7) is 4.25. The van der Waals surface area contributed by atoms with Gasteiger partial charge < -0.3 is 4.74 Å². The van der Waals surface area contributed by atoms with Crippen LogP contribution < -0.4 is 4.74 Å². The van der Waals surface area contributed by atoms with Crippen molar-refractivity contribution in [2.45, 2.75) is 20.3 Å². The molecular weight excluding hydrogens is 155 g/mol. The molecule has 0 aromatic heterocycles. The Balaban J connectivity index is 0.000000354. The molecular formula is C10H15FO. The van der Waals surface area contributed by atoms with E-state index in [-0.39, 0.29) is 5.82 Å².